The summed E-state index contributed by atoms with van der Waals surface area (Å²) in [6.07, 6.45) is 1.55. The first-order valence-corrected chi connectivity index (χ1v) is 11.1. The number of carbonyl (C=O) groups excluding carboxylic acids is 2. The van der Waals surface area contributed by atoms with Crippen LogP contribution in [0.4, 0.5) is 5.69 Å². The Bertz CT molecular complexity index is 1600. The number of pyridine rings is 1. The summed E-state index contributed by atoms with van der Waals surface area (Å²) >= 11 is 0. The van der Waals surface area contributed by atoms with E-state index in [1.54, 1.807) is 49.5 Å². The molecule has 180 valence electrons. The van der Waals surface area contributed by atoms with Gasteiger partial charge in [0.15, 0.2) is 5.65 Å². The van der Waals surface area contributed by atoms with Gasteiger partial charge in [0.1, 0.15) is 6.54 Å². The Morgan fingerprint density at radius 1 is 1.03 bits per heavy atom. The van der Waals surface area contributed by atoms with E-state index in [0.29, 0.717) is 22.6 Å². The first kappa shape index (κ1) is 22.7. The van der Waals surface area contributed by atoms with Gasteiger partial charge in [-0.1, -0.05) is 35.5 Å². The second-order valence-electron chi connectivity index (χ2n) is 7.69. The van der Waals surface area contributed by atoms with Crippen LogP contribution < -0.4 is 11.0 Å². The SMILES string of the molecule is CCOC(=O)c1ccc(NC(=O)Cn2nc3c(-c4nc(-c5ccccc5)no4)cccn3c2=O)cc1. The van der Waals surface area contributed by atoms with Crippen molar-refractivity contribution in [2.24, 2.45) is 0 Å². The number of carbonyl (C=O) groups is 2. The topological polar surface area (TPSA) is 134 Å². The van der Waals surface area contributed by atoms with Crippen LogP contribution >= 0.6 is 0 Å². The smallest absolute Gasteiger partial charge is 0.350 e. The zero-order valence-corrected chi connectivity index (χ0v) is 19.1. The summed E-state index contributed by atoms with van der Waals surface area (Å²) in [7, 11) is 0. The number of aromatic nitrogens is 5. The van der Waals surface area contributed by atoms with Crippen LogP contribution in [0, 0.1) is 0 Å². The number of fused-ring (bicyclic) bond motifs is 1. The van der Waals surface area contributed by atoms with Crippen molar-refractivity contribution in [2.45, 2.75) is 13.5 Å². The molecule has 0 saturated heterocycles. The Hall–Kier alpha value is -5.06. The van der Waals surface area contributed by atoms with Gasteiger partial charge in [-0.15, -0.1) is 5.10 Å². The Labute approximate surface area is 203 Å². The number of nitrogens with one attached hydrogen (secondary N) is 1. The predicted octanol–water partition coefficient (Wildman–Crippen LogP) is 3.03. The molecule has 0 aliphatic heterocycles. The molecule has 36 heavy (non-hydrogen) atoms. The Kier molecular flexibility index (Phi) is 6.10. The molecule has 0 aliphatic rings. The summed E-state index contributed by atoms with van der Waals surface area (Å²) in [5, 5.41) is 11.0. The fourth-order valence-electron chi connectivity index (χ4n) is 3.59. The van der Waals surface area contributed by atoms with Crippen molar-refractivity contribution in [3.63, 3.8) is 0 Å². The number of rotatable bonds is 7. The maximum Gasteiger partial charge on any atom is 0.350 e. The highest BCUT2D eigenvalue weighted by molar-refractivity contribution is 5.93. The summed E-state index contributed by atoms with van der Waals surface area (Å²) in [5.41, 5.74) is 1.85. The average molecular weight is 484 g/mol. The van der Waals surface area contributed by atoms with E-state index in [1.807, 2.05) is 30.3 Å². The average Bonchev–Trinajstić information content (AvgIpc) is 3.50. The molecule has 0 aliphatic carbocycles. The molecule has 0 spiro atoms. The fraction of sp³-hybridized carbons (Fsp3) is 0.120. The number of anilines is 1. The van der Waals surface area contributed by atoms with E-state index >= 15 is 0 Å². The number of amides is 1. The quantitative estimate of drug-likeness (QED) is 0.349. The van der Waals surface area contributed by atoms with Gasteiger partial charge in [-0.05, 0) is 43.3 Å². The van der Waals surface area contributed by atoms with E-state index < -0.39 is 17.6 Å². The molecule has 2 aromatic carbocycles. The minimum Gasteiger partial charge on any atom is -0.462 e. The summed E-state index contributed by atoms with van der Waals surface area (Å²) in [5.74, 6) is -0.305. The minimum absolute atomic E-state index is 0.197. The predicted molar refractivity (Wildman–Crippen MR) is 129 cm³/mol. The summed E-state index contributed by atoms with van der Waals surface area (Å²) in [6, 6.07) is 19.0. The van der Waals surface area contributed by atoms with Gasteiger partial charge in [0.2, 0.25) is 11.7 Å². The summed E-state index contributed by atoms with van der Waals surface area (Å²) in [6.45, 7) is 1.67. The van der Waals surface area contributed by atoms with E-state index in [4.69, 9.17) is 9.26 Å². The number of esters is 1. The second-order valence-corrected chi connectivity index (χ2v) is 7.69. The molecule has 5 aromatic rings. The third-order valence-corrected chi connectivity index (χ3v) is 5.27. The Morgan fingerprint density at radius 2 is 1.81 bits per heavy atom. The standard InChI is InChI=1S/C25H20N6O5/c1-2-35-24(33)17-10-12-18(13-11-17)26-20(32)15-31-25(34)30-14-6-9-19(22(30)28-31)23-27-21(29-36-23)16-7-4-3-5-8-16/h3-14H,2,15H2,1H3,(H,26,32). The van der Waals surface area contributed by atoms with E-state index in [1.165, 1.54) is 4.40 Å². The van der Waals surface area contributed by atoms with E-state index in [2.05, 4.69) is 20.6 Å². The second kappa shape index (κ2) is 9.66. The van der Waals surface area contributed by atoms with Gasteiger partial charge in [0.05, 0.1) is 17.7 Å². The molecule has 0 unspecified atom stereocenters. The zero-order chi connectivity index (χ0) is 25.1. The monoisotopic (exact) mass is 484 g/mol. The van der Waals surface area contributed by atoms with Crippen LogP contribution in [0.3, 0.4) is 0 Å². The maximum atomic E-state index is 12.9. The van der Waals surface area contributed by atoms with Crippen molar-refractivity contribution >= 4 is 23.2 Å². The van der Waals surface area contributed by atoms with Crippen molar-refractivity contribution in [2.75, 3.05) is 11.9 Å². The fourth-order valence-corrected chi connectivity index (χ4v) is 3.59. The van der Waals surface area contributed by atoms with Crippen molar-refractivity contribution in [1.29, 1.82) is 0 Å². The van der Waals surface area contributed by atoms with Gasteiger partial charge in [0.25, 0.3) is 5.89 Å². The largest absolute Gasteiger partial charge is 0.462 e. The third kappa shape index (κ3) is 4.49. The molecule has 1 N–H and O–H groups in total. The lowest BCUT2D eigenvalue weighted by Crippen LogP contribution is -2.28. The van der Waals surface area contributed by atoms with E-state index in [-0.39, 0.29) is 24.7 Å². The molecule has 0 radical (unpaired) electrons. The van der Waals surface area contributed by atoms with E-state index in [9.17, 15) is 14.4 Å². The highest BCUT2D eigenvalue weighted by atomic mass is 16.5. The molecular weight excluding hydrogens is 464 g/mol. The van der Waals surface area contributed by atoms with Crippen molar-refractivity contribution in [3.8, 4) is 22.8 Å². The maximum absolute atomic E-state index is 12.9. The molecule has 11 nitrogen and oxygen atoms in total. The number of hydrogen-bond acceptors (Lipinski definition) is 8. The number of benzene rings is 2. The Morgan fingerprint density at radius 3 is 2.56 bits per heavy atom. The van der Waals surface area contributed by atoms with E-state index in [0.717, 1.165) is 10.2 Å². The Balaban J connectivity index is 1.36. The number of hydrogen-bond donors (Lipinski definition) is 1. The van der Waals surface area contributed by atoms with Gasteiger partial charge >= 0.3 is 11.7 Å². The van der Waals surface area contributed by atoms with Crippen LogP contribution in [-0.4, -0.2) is 42.8 Å². The van der Waals surface area contributed by atoms with Crippen LogP contribution in [-0.2, 0) is 16.1 Å². The van der Waals surface area contributed by atoms with Crippen molar-refractivity contribution < 1.29 is 18.8 Å². The van der Waals surface area contributed by atoms with Gasteiger partial charge in [0, 0.05) is 17.4 Å². The van der Waals surface area contributed by atoms with Crippen LogP contribution in [0.2, 0.25) is 0 Å². The first-order chi connectivity index (χ1) is 17.5. The van der Waals surface area contributed by atoms with Gasteiger partial charge < -0.3 is 14.6 Å². The van der Waals surface area contributed by atoms with Gasteiger partial charge in [-0.25, -0.2) is 18.7 Å². The molecule has 3 aromatic heterocycles. The molecule has 5 rings (SSSR count). The highest BCUT2D eigenvalue weighted by Crippen LogP contribution is 2.24. The summed E-state index contributed by atoms with van der Waals surface area (Å²) in [4.78, 5) is 41.7. The van der Waals surface area contributed by atoms with Gasteiger partial charge in [-0.3, -0.25) is 4.79 Å². The molecule has 0 saturated carbocycles. The number of ether oxygens (including phenoxy) is 1. The number of nitrogens with zero attached hydrogens (tertiary/aromatic N) is 5. The molecule has 1 amide bonds. The van der Waals surface area contributed by atoms with Gasteiger partial charge in [-0.2, -0.15) is 4.98 Å². The van der Waals surface area contributed by atoms with Crippen LogP contribution in [0.1, 0.15) is 17.3 Å². The lowest BCUT2D eigenvalue weighted by Gasteiger charge is -2.06. The third-order valence-electron chi connectivity index (χ3n) is 5.27. The highest BCUT2D eigenvalue weighted by Gasteiger charge is 2.18. The molecule has 0 atom stereocenters. The zero-order valence-electron chi connectivity index (χ0n) is 19.1. The minimum atomic E-state index is -0.498. The lowest BCUT2D eigenvalue weighted by molar-refractivity contribution is -0.117. The molecular formula is C25H20N6O5. The van der Waals surface area contributed by atoms with Crippen LogP contribution in [0.15, 0.2) is 82.2 Å². The van der Waals surface area contributed by atoms with Crippen molar-refractivity contribution in [1.82, 2.24) is 24.3 Å². The first-order valence-electron chi connectivity index (χ1n) is 11.1. The summed E-state index contributed by atoms with van der Waals surface area (Å²) < 4.78 is 12.7. The van der Waals surface area contributed by atoms with Crippen molar-refractivity contribution in [3.05, 3.63) is 89.0 Å². The molecule has 0 fully saturated rings. The molecule has 3 heterocycles. The normalized spacial score (nSPS) is 10.9. The van der Waals surface area contributed by atoms with Crippen LogP contribution in [0.25, 0.3) is 28.5 Å². The molecule has 0 bridgehead atoms. The lowest BCUT2D eigenvalue weighted by atomic mass is 10.2. The molecule has 11 heteroatoms. The van der Waals surface area contributed by atoms with Crippen LogP contribution in [0.5, 0.6) is 0 Å².